The molecule has 6 heteroatoms. The number of nitrogens with zero attached hydrogens (tertiary/aromatic N) is 3. The number of fused-ring (bicyclic) bond motifs is 3. The predicted octanol–water partition coefficient (Wildman–Crippen LogP) is -0.848. The molecule has 0 radical (unpaired) electrons. The largest absolute Gasteiger partial charge is 0.297 e. The summed E-state index contributed by atoms with van der Waals surface area (Å²) in [5, 5.41) is 9.38. The van der Waals surface area contributed by atoms with Crippen LogP contribution in [0.4, 0.5) is 0 Å². The number of piperazine rings is 3. The zero-order valence-electron chi connectivity index (χ0n) is 6.68. The fraction of sp³-hybridized carbons (Fsp3) is 1.00. The third-order valence-electron chi connectivity index (χ3n) is 2.44. The predicted molar refractivity (Wildman–Crippen MR) is 39.9 cm³/mol. The maximum atomic E-state index is 10.1. The quantitative estimate of drug-likeness (QED) is 0.402. The molecule has 2 bridgehead atoms. The Balaban J connectivity index is 1.95. The Kier molecular flexibility index (Phi) is 1.86. The molecule has 1 unspecified atom stereocenters. The average molecular weight is 173 g/mol. The smallest absolute Gasteiger partial charge is 0.296 e. The van der Waals surface area contributed by atoms with Crippen molar-refractivity contribution in [3.8, 4) is 0 Å². The molecule has 0 aromatic heterocycles. The van der Waals surface area contributed by atoms with Crippen LogP contribution in [0.3, 0.4) is 0 Å². The van der Waals surface area contributed by atoms with Crippen LogP contribution in [0, 0.1) is 10.1 Å². The van der Waals surface area contributed by atoms with E-state index in [9.17, 15) is 10.1 Å². The van der Waals surface area contributed by atoms with E-state index >= 15 is 0 Å². The zero-order valence-corrected chi connectivity index (χ0v) is 6.68. The second-order valence-electron chi connectivity index (χ2n) is 3.12. The summed E-state index contributed by atoms with van der Waals surface area (Å²) in [5.74, 6) is 0. The molecule has 0 aromatic carbocycles. The van der Waals surface area contributed by atoms with Gasteiger partial charge in [0.25, 0.3) is 5.09 Å². The van der Waals surface area contributed by atoms with Crippen molar-refractivity contribution in [2.75, 3.05) is 32.7 Å². The Morgan fingerprint density at radius 2 is 2.00 bits per heavy atom. The lowest BCUT2D eigenvalue weighted by Gasteiger charge is -2.45. The van der Waals surface area contributed by atoms with Crippen molar-refractivity contribution in [2.24, 2.45) is 0 Å². The second-order valence-corrected chi connectivity index (χ2v) is 3.12. The van der Waals surface area contributed by atoms with E-state index in [0.717, 1.165) is 26.2 Å². The molecule has 3 heterocycles. The Hall–Kier alpha value is -0.880. The molecule has 3 saturated heterocycles. The molecule has 3 aliphatic rings. The van der Waals surface area contributed by atoms with E-state index in [1.54, 1.807) is 0 Å². The number of hydrogen-bond donors (Lipinski definition) is 0. The molecule has 0 N–H and O–H groups in total. The Morgan fingerprint density at radius 3 is 2.42 bits per heavy atom. The van der Waals surface area contributed by atoms with E-state index in [-0.39, 0.29) is 6.23 Å². The van der Waals surface area contributed by atoms with Gasteiger partial charge in [-0.2, -0.15) is 0 Å². The molecule has 0 spiro atoms. The highest BCUT2D eigenvalue weighted by Crippen LogP contribution is 2.15. The maximum Gasteiger partial charge on any atom is 0.296 e. The minimum absolute atomic E-state index is 0.331. The fourth-order valence-corrected chi connectivity index (χ4v) is 1.77. The summed E-state index contributed by atoms with van der Waals surface area (Å²) in [7, 11) is 0. The topological polar surface area (TPSA) is 58.9 Å². The molecule has 3 fully saturated rings. The summed E-state index contributed by atoms with van der Waals surface area (Å²) in [6.07, 6.45) is -0.331. The van der Waals surface area contributed by atoms with Gasteiger partial charge in [0, 0.05) is 32.7 Å². The van der Waals surface area contributed by atoms with Gasteiger partial charge < -0.3 is 0 Å². The molecule has 0 saturated carbocycles. The highest BCUT2D eigenvalue weighted by Gasteiger charge is 2.33. The van der Waals surface area contributed by atoms with Crippen molar-refractivity contribution in [3.05, 3.63) is 10.1 Å². The lowest BCUT2D eigenvalue weighted by Crippen LogP contribution is -2.62. The number of rotatable bonds is 2. The minimum Gasteiger partial charge on any atom is -0.297 e. The summed E-state index contributed by atoms with van der Waals surface area (Å²) in [5.41, 5.74) is 0. The van der Waals surface area contributed by atoms with E-state index in [2.05, 4.69) is 9.74 Å². The average Bonchev–Trinajstić information content (AvgIpc) is 2.05. The van der Waals surface area contributed by atoms with Crippen molar-refractivity contribution in [1.29, 1.82) is 0 Å². The van der Waals surface area contributed by atoms with Crippen molar-refractivity contribution in [1.82, 2.24) is 9.80 Å². The summed E-state index contributed by atoms with van der Waals surface area (Å²) in [6.45, 7) is 4.47. The molecule has 0 aromatic rings. The van der Waals surface area contributed by atoms with Crippen LogP contribution in [0.25, 0.3) is 0 Å². The van der Waals surface area contributed by atoms with Crippen LogP contribution in [0.2, 0.25) is 0 Å². The maximum absolute atomic E-state index is 10.1. The monoisotopic (exact) mass is 173 g/mol. The normalized spacial score (nSPS) is 39.5. The second kappa shape index (κ2) is 2.87. The standard InChI is InChI=1S/C6H11N3O3/c10-9(11)12-6-5-7-1-3-8(6)4-2-7/h6H,1-5H2. The molecule has 6 nitrogen and oxygen atoms in total. The van der Waals surface area contributed by atoms with Gasteiger partial charge in [-0.1, -0.05) is 0 Å². The number of hydrogen-bond acceptors (Lipinski definition) is 5. The van der Waals surface area contributed by atoms with Crippen LogP contribution >= 0.6 is 0 Å². The van der Waals surface area contributed by atoms with Crippen LogP contribution in [0.5, 0.6) is 0 Å². The van der Waals surface area contributed by atoms with Gasteiger partial charge in [-0.25, -0.2) is 0 Å². The minimum atomic E-state index is -0.702. The van der Waals surface area contributed by atoms with Crippen LogP contribution in [0.15, 0.2) is 0 Å². The lowest BCUT2D eigenvalue weighted by atomic mass is 10.2. The molecule has 3 aliphatic heterocycles. The summed E-state index contributed by atoms with van der Waals surface area (Å²) >= 11 is 0. The summed E-state index contributed by atoms with van der Waals surface area (Å²) in [6, 6.07) is 0. The first-order valence-electron chi connectivity index (χ1n) is 4.03. The molecular weight excluding hydrogens is 162 g/mol. The van der Waals surface area contributed by atoms with E-state index in [1.807, 2.05) is 4.90 Å². The molecule has 0 amide bonds. The van der Waals surface area contributed by atoms with Crippen LogP contribution in [0.1, 0.15) is 0 Å². The Bertz CT molecular complexity index is 190. The Morgan fingerprint density at radius 1 is 1.33 bits per heavy atom. The van der Waals surface area contributed by atoms with E-state index < -0.39 is 5.09 Å². The highest BCUT2D eigenvalue weighted by atomic mass is 17.0. The summed E-state index contributed by atoms with van der Waals surface area (Å²) < 4.78 is 0. The highest BCUT2D eigenvalue weighted by molar-refractivity contribution is 4.82. The van der Waals surface area contributed by atoms with E-state index in [1.165, 1.54) is 0 Å². The van der Waals surface area contributed by atoms with Crippen LogP contribution < -0.4 is 0 Å². The van der Waals surface area contributed by atoms with Crippen LogP contribution in [-0.4, -0.2) is 53.8 Å². The van der Waals surface area contributed by atoms with Gasteiger partial charge in [0.2, 0.25) is 0 Å². The molecular formula is C6H11N3O3. The van der Waals surface area contributed by atoms with E-state index in [0.29, 0.717) is 6.54 Å². The van der Waals surface area contributed by atoms with Crippen molar-refractivity contribution < 1.29 is 9.92 Å². The first kappa shape index (κ1) is 7.75. The first-order valence-corrected chi connectivity index (χ1v) is 4.03. The van der Waals surface area contributed by atoms with Crippen molar-refractivity contribution in [2.45, 2.75) is 6.23 Å². The summed E-state index contributed by atoms with van der Waals surface area (Å²) in [4.78, 5) is 18.8. The van der Waals surface area contributed by atoms with Gasteiger partial charge >= 0.3 is 0 Å². The van der Waals surface area contributed by atoms with E-state index in [4.69, 9.17) is 0 Å². The molecule has 1 atom stereocenters. The molecule has 12 heavy (non-hydrogen) atoms. The van der Waals surface area contributed by atoms with Gasteiger partial charge in [-0.05, 0) is 0 Å². The lowest BCUT2D eigenvalue weighted by molar-refractivity contribution is -0.775. The van der Waals surface area contributed by atoms with Crippen LogP contribution in [-0.2, 0) is 4.84 Å². The van der Waals surface area contributed by atoms with Gasteiger partial charge in [0.15, 0.2) is 6.23 Å². The molecule has 0 aliphatic carbocycles. The first-order chi connectivity index (χ1) is 5.75. The van der Waals surface area contributed by atoms with Gasteiger partial charge in [-0.15, -0.1) is 10.1 Å². The third-order valence-corrected chi connectivity index (χ3v) is 2.44. The molecule has 3 rings (SSSR count). The van der Waals surface area contributed by atoms with Gasteiger partial charge in [0.05, 0.1) is 0 Å². The fourth-order valence-electron chi connectivity index (χ4n) is 1.77. The van der Waals surface area contributed by atoms with Crippen molar-refractivity contribution in [3.63, 3.8) is 0 Å². The van der Waals surface area contributed by atoms with Gasteiger partial charge in [0.1, 0.15) is 0 Å². The van der Waals surface area contributed by atoms with Crippen molar-refractivity contribution >= 4 is 0 Å². The molecule has 68 valence electrons. The zero-order chi connectivity index (χ0) is 8.55. The van der Waals surface area contributed by atoms with Gasteiger partial charge in [-0.3, -0.25) is 14.6 Å². The SMILES string of the molecule is O=[N+]([O-])OC1CN2CCN1CC2. The Labute approximate surface area is 69.8 Å². The third kappa shape index (κ3) is 1.35.